The third-order valence-corrected chi connectivity index (χ3v) is 4.02. The second kappa shape index (κ2) is 8.04. The molecule has 0 aliphatic carbocycles. The van der Waals surface area contributed by atoms with E-state index < -0.39 is 5.82 Å². The molecule has 0 radical (unpaired) electrons. The molecule has 3 rings (SSSR count). The fraction of sp³-hybridized carbons (Fsp3) is 0.250. The van der Waals surface area contributed by atoms with Gasteiger partial charge in [0.25, 0.3) is 0 Å². The number of amidine groups is 1. The molecule has 0 saturated carbocycles. The number of oxime groups is 1. The van der Waals surface area contributed by atoms with Crippen molar-refractivity contribution < 1.29 is 13.9 Å². The topological polar surface area (TPSA) is 116 Å². The number of rotatable bonds is 7. The van der Waals surface area contributed by atoms with Crippen molar-refractivity contribution in [3.8, 4) is 0 Å². The minimum absolute atomic E-state index is 0.0837. The SMILES string of the molecule is Cc1cc(C)n(CNc2nonc2/C(N)=N\OCc2c(F)cccc2Cl)n1. The van der Waals surface area contributed by atoms with Crippen LogP contribution in [0.1, 0.15) is 22.6 Å². The van der Waals surface area contributed by atoms with Crippen LogP contribution in [0.4, 0.5) is 10.2 Å². The van der Waals surface area contributed by atoms with E-state index in [4.69, 9.17) is 26.8 Å². The first kappa shape index (κ1) is 18.6. The van der Waals surface area contributed by atoms with E-state index in [1.165, 1.54) is 12.1 Å². The third-order valence-electron chi connectivity index (χ3n) is 3.66. The molecular formula is C16H17ClFN7O2. The molecule has 2 aromatic heterocycles. The van der Waals surface area contributed by atoms with Gasteiger partial charge in [-0.3, -0.25) is 4.68 Å². The van der Waals surface area contributed by atoms with Crippen LogP contribution >= 0.6 is 11.6 Å². The maximum Gasteiger partial charge on any atom is 0.203 e. The van der Waals surface area contributed by atoms with Gasteiger partial charge in [-0.2, -0.15) is 5.10 Å². The molecule has 0 fully saturated rings. The van der Waals surface area contributed by atoms with E-state index in [-0.39, 0.29) is 34.5 Å². The fourth-order valence-electron chi connectivity index (χ4n) is 2.34. The average molecular weight is 394 g/mol. The number of aromatic nitrogens is 4. The molecule has 0 spiro atoms. The smallest absolute Gasteiger partial charge is 0.203 e. The second-order valence-electron chi connectivity index (χ2n) is 5.67. The van der Waals surface area contributed by atoms with E-state index in [1.807, 2.05) is 19.9 Å². The van der Waals surface area contributed by atoms with Crippen LogP contribution in [0.5, 0.6) is 0 Å². The number of nitrogens with zero attached hydrogens (tertiary/aromatic N) is 5. The summed E-state index contributed by atoms with van der Waals surface area (Å²) in [5, 5.41) is 18.7. The highest BCUT2D eigenvalue weighted by atomic mass is 35.5. The number of nitrogens with one attached hydrogen (secondary N) is 1. The van der Waals surface area contributed by atoms with Crippen molar-refractivity contribution in [2.45, 2.75) is 27.1 Å². The number of hydrogen-bond acceptors (Lipinski definition) is 7. The van der Waals surface area contributed by atoms with E-state index in [9.17, 15) is 4.39 Å². The van der Waals surface area contributed by atoms with Crippen molar-refractivity contribution in [3.63, 3.8) is 0 Å². The quantitative estimate of drug-likeness (QED) is 0.360. The Morgan fingerprint density at radius 3 is 2.93 bits per heavy atom. The first-order valence-electron chi connectivity index (χ1n) is 7.92. The van der Waals surface area contributed by atoms with Gasteiger partial charge < -0.3 is 15.9 Å². The maximum absolute atomic E-state index is 13.7. The monoisotopic (exact) mass is 393 g/mol. The van der Waals surface area contributed by atoms with Gasteiger partial charge >= 0.3 is 0 Å². The predicted octanol–water partition coefficient (Wildman–Crippen LogP) is 2.58. The van der Waals surface area contributed by atoms with Crippen molar-refractivity contribution >= 4 is 23.3 Å². The highest BCUT2D eigenvalue weighted by molar-refractivity contribution is 6.31. The van der Waals surface area contributed by atoms with E-state index in [0.717, 1.165) is 11.4 Å². The van der Waals surface area contributed by atoms with Gasteiger partial charge in [0.05, 0.1) is 10.7 Å². The Kier molecular flexibility index (Phi) is 5.55. The number of halogens is 2. The van der Waals surface area contributed by atoms with Crippen LogP contribution in [-0.2, 0) is 18.1 Å². The van der Waals surface area contributed by atoms with Crippen LogP contribution < -0.4 is 11.1 Å². The normalized spacial score (nSPS) is 11.6. The van der Waals surface area contributed by atoms with Crippen molar-refractivity contribution in [3.05, 3.63) is 57.8 Å². The molecule has 9 nitrogen and oxygen atoms in total. The number of benzene rings is 1. The summed E-state index contributed by atoms with van der Waals surface area (Å²) in [4.78, 5) is 5.09. The highest BCUT2D eigenvalue weighted by Gasteiger charge is 2.15. The summed E-state index contributed by atoms with van der Waals surface area (Å²) in [6.45, 7) is 3.98. The first-order chi connectivity index (χ1) is 13.0. The fourth-order valence-corrected chi connectivity index (χ4v) is 2.55. The lowest BCUT2D eigenvalue weighted by atomic mass is 10.2. The number of hydrogen-bond donors (Lipinski definition) is 2. The van der Waals surface area contributed by atoms with Gasteiger partial charge in [-0.25, -0.2) is 9.02 Å². The Balaban J connectivity index is 1.65. The Hall–Kier alpha value is -3.14. The summed E-state index contributed by atoms with van der Waals surface area (Å²) < 4.78 is 20.2. The lowest BCUT2D eigenvalue weighted by Gasteiger charge is -2.07. The van der Waals surface area contributed by atoms with Crippen LogP contribution in [-0.4, -0.2) is 25.9 Å². The Bertz CT molecular complexity index is 949. The molecule has 27 heavy (non-hydrogen) atoms. The number of nitrogens with two attached hydrogens (primary N) is 1. The molecule has 1 aromatic carbocycles. The van der Waals surface area contributed by atoms with Gasteiger partial charge in [0.1, 0.15) is 19.1 Å². The first-order valence-corrected chi connectivity index (χ1v) is 8.29. The zero-order chi connectivity index (χ0) is 19.4. The van der Waals surface area contributed by atoms with E-state index in [1.54, 1.807) is 10.7 Å². The summed E-state index contributed by atoms with van der Waals surface area (Å²) in [5.41, 5.74) is 8.07. The Morgan fingerprint density at radius 2 is 2.22 bits per heavy atom. The summed E-state index contributed by atoms with van der Waals surface area (Å²) in [7, 11) is 0. The number of aryl methyl sites for hydroxylation is 2. The van der Waals surface area contributed by atoms with Crippen LogP contribution in [0.2, 0.25) is 5.02 Å². The van der Waals surface area contributed by atoms with Gasteiger partial charge in [-0.15, -0.1) is 0 Å². The standard InChI is InChI=1S/C16H17ClFN7O2/c1-9-6-10(2)25(21-9)8-20-16-14(22-27-24-16)15(19)23-26-7-11-12(17)4-3-5-13(11)18/h3-6H,7-8H2,1-2H3,(H2,19,23)(H,20,24). The second-order valence-corrected chi connectivity index (χ2v) is 6.08. The molecule has 0 amide bonds. The van der Waals surface area contributed by atoms with Crippen molar-refractivity contribution in [1.82, 2.24) is 20.1 Å². The van der Waals surface area contributed by atoms with E-state index >= 15 is 0 Å². The largest absolute Gasteiger partial charge is 0.389 e. The molecule has 0 aliphatic heterocycles. The van der Waals surface area contributed by atoms with Gasteiger partial charge in [0.2, 0.25) is 5.82 Å². The third kappa shape index (κ3) is 4.34. The van der Waals surface area contributed by atoms with Crippen LogP contribution in [0.3, 0.4) is 0 Å². The Morgan fingerprint density at radius 1 is 1.41 bits per heavy atom. The van der Waals surface area contributed by atoms with E-state index in [0.29, 0.717) is 6.67 Å². The van der Waals surface area contributed by atoms with Gasteiger partial charge in [-0.1, -0.05) is 22.8 Å². The molecule has 2 heterocycles. The maximum atomic E-state index is 13.7. The molecule has 3 aromatic rings. The summed E-state index contributed by atoms with van der Waals surface area (Å²) in [6.07, 6.45) is 0. The van der Waals surface area contributed by atoms with Crippen molar-refractivity contribution in [2.24, 2.45) is 10.9 Å². The summed E-state index contributed by atoms with van der Waals surface area (Å²) in [6, 6.07) is 6.28. The van der Waals surface area contributed by atoms with Gasteiger partial charge in [0, 0.05) is 11.3 Å². The molecule has 142 valence electrons. The average Bonchev–Trinajstić information content (AvgIpc) is 3.21. The molecule has 11 heteroatoms. The van der Waals surface area contributed by atoms with Crippen LogP contribution in [0.15, 0.2) is 34.1 Å². The Labute approximate surface area is 158 Å². The van der Waals surface area contributed by atoms with E-state index in [2.05, 4.69) is 25.9 Å². The lowest BCUT2D eigenvalue weighted by molar-refractivity contribution is 0.127. The predicted molar refractivity (Wildman–Crippen MR) is 96.5 cm³/mol. The molecule has 3 N–H and O–H groups in total. The summed E-state index contributed by atoms with van der Waals surface area (Å²) >= 11 is 5.93. The molecule has 0 bridgehead atoms. The number of anilines is 1. The van der Waals surface area contributed by atoms with Crippen molar-refractivity contribution in [2.75, 3.05) is 5.32 Å². The minimum atomic E-state index is -0.494. The van der Waals surface area contributed by atoms with Crippen molar-refractivity contribution in [1.29, 1.82) is 0 Å². The molecular weight excluding hydrogens is 377 g/mol. The summed E-state index contributed by atoms with van der Waals surface area (Å²) in [5.74, 6) is -0.303. The minimum Gasteiger partial charge on any atom is -0.389 e. The lowest BCUT2D eigenvalue weighted by Crippen LogP contribution is -2.18. The highest BCUT2D eigenvalue weighted by Crippen LogP contribution is 2.20. The molecule has 0 saturated heterocycles. The zero-order valence-electron chi connectivity index (χ0n) is 14.6. The zero-order valence-corrected chi connectivity index (χ0v) is 15.4. The van der Waals surface area contributed by atoms with Gasteiger partial charge in [0.15, 0.2) is 11.5 Å². The van der Waals surface area contributed by atoms with Crippen LogP contribution in [0.25, 0.3) is 0 Å². The molecule has 0 atom stereocenters. The molecule has 0 unspecified atom stereocenters. The molecule has 0 aliphatic rings. The van der Waals surface area contributed by atoms with Gasteiger partial charge in [-0.05, 0) is 42.4 Å². The van der Waals surface area contributed by atoms with Crippen LogP contribution in [0, 0.1) is 19.7 Å².